The van der Waals surface area contributed by atoms with Gasteiger partial charge in [-0.3, -0.25) is 0 Å². The van der Waals surface area contributed by atoms with Crippen molar-refractivity contribution in [1.82, 2.24) is 5.16 Å². The molecule has 0 radical (unpaired) electrons. The number of hydrogen-bond donors (Lipinski definition) is 1. The molecule has 2 N–H and O–H groups in total. The number of aryl methyl sites for hydroxylation is 2. The lowest BCUT2D eigenvalue weighted by Crippen LogP contribution is -1.99. The van der Waals surface area contributed by atoms with E-state index in [4.69, 9.17) is 10.3 Å². The van der Waals surface area contributed by atoms with Gasteiger partial charge in [0.15, 0.2) is 5.82 Å². The summed E-state index contributed by atoms with van der Waals surface area (Å²) in [6, 6.07) is 6.42. The molecule has 0 aliphatic carbocycles. The number of hydrogen-bond acceptors (Lipinski definition) is 3. The van der Waals surface area contributed by atoms with E-state index in [1.54, 1.807) is 0 Å². The summed E-state index contributed by atoms with van der Waals surface area (Å²) in [6.07, 6.45) is 4.57. The second kappa shape index (κ2) is 6.79. The fourth-order valence-electron chi connectivity index (χ4n) is 2.75. The zero-order valence-corrected chi connectivity index (χ0v) is 13.6. The number of unbranched alkanes of at least 4 members (excludes halogenated alkanes) is 1. The Labute approximate surface area is 127 Å². The summed E-state index contributed by atoms with van der Waals surface area (Å²) in [5.41, 5.74) is 10.7. The lowest BCUT2D eigenvalue weighted by Gasteiger charge is -2.13. The minimum absolute atomic E-state index is 0.395. The molecule has 114 valence electrons. The van der Waals surface area contributed by atoms with E-state index in [-0.39, 0.29) is 0 Å². The van der Waals surface area contributed by atoms with Gasteiger partial charge in [0.1, 0.15) is 5.76 Å². The number of aromatic nitrogens is 1. The van der Waals surface area contributed by atoms with Gasteiger partial charge in [-0.2, -0.15) is 0 Å². The van der Waals surface area contributed by atoms with Crippen molar-refractivity contribution in [3.63, 3.8) is 0 Å². The van der Waals surface area contributed by atoms with Gasteiger partial charge in [-0.15, -0.1) is 0 Å². The summed E-state index contributed by atoms with van der Waals surface area (Å²) >= 11 is 0. The molecule has 0 bridgehead atoms. The molecule has 1 heterocycles. The SMILES string of the molecule is CCCCC(CC)c1onc(N)c1-c1ccc(C)c(C)c1. The smallest absolute Gasteiger partial charge is 0.175 e. The fraction of sp³-hybridized carbons (Fsp3) is 0.500. The molecule has 2 aromatic rings. The van der Waals surface area contributed by atoms with Crippen LogP contribution in [0.15, 0.2) is 22.7 Å². The maximum Gasteiger partial charge on any atom is 0.175 e. The highest BCUT2D eigenvalue weighted by Gasteiger charge is 2.23. The summed E-state index contributed by atoms with van der Waals surface area (Å²) in [7, 11) is 0. The molecular formula is C18H26N2O. The van der Waals surface area contributed by atoms with Crippen molar-refractivity contribution < 1.29 is 4.52 Å². The number of rotatable bonds is 6. The maximum absolute atomic E-state index is 6.08. The largest absolute Gasteiger partial charge is 0.380 e. The monoisotopic (exact) mass is 286 g/mol. The molecular weight excluding hydrogens is 260 g/mol. The van der Waals surface area contributed by atoms with E-state index in [1.807, 2.05) is 0 Å². The summed E-state index contributed by atoms with van der Waals surface area (Å²) < 4.78 is 5.60. The molecule has 0 aliphatic heterocycles. The first-order valence-corrected chi connectivity index (χ1v) is 7.91. The first-order valence-electron chi connectivity index (χ1n) is 7.91. The molecule has 1 unspecified atom stereocenters. The van der Waals surface area contributed by atoms with E-state index in [1.165, 1.54) is 24.0 Å². The van der Waals surface area contributed by atoms with E-state index in [0.717, 1.165) is 29.7 Å². The Morgan fingerprint density at radius 2 is 1.95 bits per heavy atom. The molecule has 1 atom stereocenters. The van der Waals surface area contributed by atoms with Crippen molar-refractivity contribution in [3.05, 3.63) is 35.1 Å². The van der Waals surface area contributed by atoms with Crippen LogP contribution in [-0.2, 0) is 0 Å². The molecule has 0 aliphatic rings. The van der Waals surface area contributed by atoms with Gasteiger partial charge in [0.25, 0.3) is 0 Å². The van der Waals surface area contributed by atoms with Gasteiger partial charge < -0.3 is 10.3 Å². The Morgan fingerprint density at radius 1 is 1.19 bits per heavy atom. The summed E-state index contributed by atoms with van der Waals surface area (Å²) in [5.74, 6) is 1.85. The third-order valence-electron chi connectivity index (χ3n) is 4.31. The third kappa shape index (κ3) is 3.29. The molecule has 0 fully saturated rings. The highest BCUT2D eigenvalue weighted by atomic mass is 16.5. The average molecular weight is 286 g/mol. The van der Waals surface area contributed by atoms with Crippen molar-refractivity contribution in [2.45, 2.75) is 59.3 Å². The van der Waals surface area contributed by atoms with Gasteiger partial charge >= 0.3 is 0 Å². The van der Waals surface area contributed by atoms with E-state index in [2.05, 4.69) is 51.1 Å². The van der Waals surface area contributed by atoms with Crippen LogP contribution in [0.5, 0.6) is 0 Å². The van der Waals surface area contributed by atoms with Gasteiger partial charge in [-0.05, 0) is 43.4 Å². The second-order valence-electron chi connectivity index (χ2n) is 5.85. The molecule has 0 spiro atoms. The Balaban J connectivity index is 2.43. The van der Waals surface area contributed by atoms with Crippen LogP contribution in [0.4, 0.5) is 5.82 Å². The summed E-state index contributed by atoms with van der Waals surface area (Å²) in [6.45, 7) is 8.65. The van der Waals surface area contributed by atoms with Crippen LogP contribution in [0.25, 0.3) is 11.1 Å². The van der Waals surface area contributed by atoms with Crippen LogP contribution in [-0.4, -0.2) is 5.16 Å². The van der Waals surface area contributed by atoms with Crippen LogP contribution in [0.2, 0.25) is 0 Å². The van der Waals surface area contributed by atoms with Crippen LogP contribution in [0, 0.1) is 13.8 Å². The normalized spacial score (nSPS) is 12.6. The van der Waals surface area contributed by atoms with E-state index >= 15 is 0 Å². The summed E-state index contributed by atoms with van der Waals surface area (Å²) in [5, 5.41) is 4.02. The van der Waals surface area contributed by atoms with E-state index in [0.29, 0.717) is 11.7 Å². The number of anilines is 1. The lowest BCUT2D eigenvalue weighted by atomic mass is 9.91. The molecule has 1 aromatic heterocycles. The maximum atomic E-state index is 6.08. The van der Waals surface area contributed by atoms with Gasteiger partial charge in [0.05, 0.1) is 5.56 Å². The second-order valence-corrected chi connectivity index (χ2v) is 5.85. The van der Waals surface area contributed by atoms with Crippen molar-refractivity contribution in [3.8, 4) is 11.1 Å². The Bertz CT molecular complexity index is 601. The Hall–Kier alpha value is -1.77. The molecule has 21 heavy (non-hydrogen) atoms. The highest BCUT2D eigenvalue weighted by Crippen LogP contribution is 2.38. The molecule has 2 rings (SSSR count). The van der Waals surface area contributed by atoms with Gasteiger partial charge in [-0.25, -0.2) is 0 Å². The number of nitrogens with zero attached hydrogens (tertiary/aromatic N) is 1. The standard InChI is InChI=1S/C18H26N2O/c1-5-7-8-14(6-2)17-16(18(19)20-21-17)15-10-9-12(3)13(4)11-15/h9-11,14H,5-8H2,1-4H3,(H2,19,20). The molecule has 1 aromatic carbocycles. The topological polar surface area (TPSA) is 52.0 Å². The molecule has 0 amide bonds. The van der Waals surface area contributed by atoms with Crippen LogP contribution in [0.3, 0.4) is 0 Å². The molecule has 0 saturated carbocycles. The minimum atomic E-state index is 0.395. The number of benzene rings is 1. The zero-order valence-electron chi connectivity index (χ0n) is 13.6. The van der Waals surface area contributed by atoms with Crippen LogP contribution in [0.1, 0.15) is 62.3 Å². The predicted octanol–water partition coefficient (Wildman–Crippen LogP) is 5.22. The first kappa shape index (κ1) is 15.6. The highest BCUT2D eigenvalue weighted by molar-refractivity contribution is 5.76. The minimum Gasteiger partial charge on any atom is -0.380 e. The number of nitrogen functional groups attached to an aromatic ring is 1. The Morgan fingerprint density at radius 3 is 2.57 bits per heavy atom. The molecule has 3 nitrogen and oxygen atoms in total. The van der Waals surface area contributed by atoms with Crippen LogP contribution >= 0.6 is 0 Å². The molecule has 3 heteroatoms. The van der Waals surface area contributed by atoms with Crippen LogP contribution < -0.4 is 5.73 Å². The van der Waals surface area contributed by atoms with Gasteiger partial charge in [-0.1, -0.05) is 50.0 Å². The predicted molar refractivity (Wildman–Crippen MR) is 88.4 cm³/mol. The zero-order chi connectivity index (χ0) is 15.4. The summed E-state index contributed by atoms with van der Waals surface area (Å²) in [4.78, 5) is 0. The average Bonchev–Trinajstić information content (AvgIpc) is 2.85. The Kier molecular flexibility index (Phi) is 5.05. The van der Waals surface area contributed by atoms with E-state index in [9.17, 15) is 0 Å². The van der Waals surface area contributed by atoms with Gasteiger partial charge in [0.2, 0.25) is 0 Å². The third-order valence-corrected chi connectivity index (χ3v) is 4.31. The van der Waals surface area contributed by atoms with Crippen molar-refractivity contribution in [1.29, 1.82) is 0 Å². The number of nitrogens with two attached hydrogens (primary N) is 1. The fourth-order valence-corrected chi connectivity index (χ4v) is 2.75. The van der Waals surface area contributed by atoms with Crippen molar-refractivity contribution >= 4 is 5.82 Å². The molecule has 0 saturated heterocycles. The first-order chi connectivity index (χ1) is 10.1. The van der Waals surface area contributed by atoms with Gasteiger partial charge in [0, 0.05) is 5.92 Å². The van der Waals surface area contributed by atoms with Crippen molar-refractivity contribution in [2.75, 3.05) is 5.73 Å². The van der Waals surface area contributed by atoms with Crippen molar-refractivity contribution in [2.24, 2.45) is 0 Å². The quantitative estimate of drug-likeness (QED) is 0.791. The van der Waals surface area contributed by atoms with E-state index < -0.39 is 0 Å². The lowest BCUT2D eigenvalue weighted by molar-refractivity contribution is 0.349.